The number of pyridine rings is 2. The maximum absolute atomic E-state index is 13.8. The van der Waals surface area contributed by atoms with Crippen LogP contribution < -0.4 is 5.73 Å². The molecule has 5 rings (SSSR count). The first-order valence-corrected chi connectivity index (χ1v) is 9.08. The smallest absolute Gasteiger partial charge is 0.183 e. The number of benzene rings is 1. The van der Waals surface area contributed by atoms with Crippen LogP contribution in [0.5, 0.6) is 0 Å². The molecule has 0 amide bonds. The fraction of sp³-hybridized carbons (Fsp3) is 0.0952. The van der Waals surface area contributed by atoms with E-state index in [1.165, 1.54) is 18.5 Å². The van der Waals surface area contributed by atoms with E-state index in [0.717, 1.165) is 10.9 Å². The lowest BCUT2D eigenvalue weighted by Gasteiger charge is -2.16. The monoisotopic (exact) mass is 385 g/mol. The second-order valence-electron chi connectivity index (χ2n) is 6.77. The number of anilines is 1. The van der Waals surface area contributed by atoms with Gasteiger partial charge in [-0.15, -0.1) is 0 Å². The third kappa shape index (κ3) is 2.94. The molecule has 0 radical (unpaired) electrons. The quantitative estimate of drug-likeness (QED) is 0.489. The predicted octanol–water partition coefficient (Wildman–Crippen LogP) is 3.84. The highest BCUT2D eigenvalue weighted by molar-refractivity contribution is 5.84. The Morgan fingerprint density at radius 3 is 2.76 bits per heavy atom. The summed E-state index contributed by atoms with van der Waals surface area (Å²) in [4.78, 5) is 25.3. The number of imidazole rings is 1. The zero-order valence-electron chi connectivity index (χ0n) is 15.5. The van der Waals surface area contributed by atoms with E-state index in [2.05, 4.69) is 24.9 Å². The molecule has 1 aromatic carbocycles. The molecule has 0 saturated heterocycles. The molecule has 1 atom stereocenters. The molecule has 3 N–H and O–H groups in total. The molecule has 0 unspecified atom stereocenters. The summed E-state index contributed by atoms with van der Waals surface area (Å²) in [5.74, 6) is 0.294. The van der Waals surface area contributed by atoms with Crippen molar-refractivity contribution in [3.8, 4) is 11.4 Å². The average Bonchev–Trinajstić information content (AvgIpc) is 3.22. The van der Waals surface area contributed by atoms with Crippen LogP contribution in [0.15, 0.2) is 55.0 Å². The van der Waals surface area contributed by atoms with E-state index in [0.29, 0.717) is 39.7 Å². The van der Waals surface area contributed by atoms with Crippen LogP contribution in [-0.4, -0.2) is 29.9 Å². The number of nitrogens with two attached hydrogens (primary N) is 1. The molecular formula is C21H16FN7. The minimum absolute atomic E-state index is 0.239. The summed E-state index contributed by atoms with van der Waals surface area (Å²) in [6.07, 6.45) is 3.24. The van der Waals surface area contributed by atoms with Crippen LogP contribution in [0.2, 0.25) is 0 Å². The molecule has 0 spiro atoms. The summed E-state index contributed by atoms with van der Waals surface area (Å²) < 4.78 is 13.8. The third-order valence-electron chi connectivity index (χ3n) is 4.90. The molecule has 0 bridgehead atoms. The first-order chi connectivity index (χ1) is 14.1. The molecule has 142 valence electrons. The second-order valence-corrected chi connectivity index (χ2v) is 6.77. The first-order valence-electron chi connectivity index (χ1n) is 9.08. The Bertz CT molecular complexity index is 1350. The van der Waals surface area contributed by atoms with Gasteiger partial charge in [-0.05, 0) is 35.9 Å². The fourth-order valence-electron chi connectivity index (χ4n) is 3.40. The van der Waals surface area contributed by atoms with Crippen LogP contribution >= 0.6 is 0 Å². The van der Waals surface area contributed by atoms with E-state index in [9.17, 15) is 4.39 Å². The predicted molar refractivity (Wildman–Crippen MR) is 109 cm³/mol. The van der Waals surface area contributed by atoms with Crippen molar-refractivity contribution in [2.24, 2.45) is 0 Å². The number of H-pyrrole nitrogens is 1. The molecular weight excluding hydrogens is 369 g/mol. The Morgan fingerprint density at radius 2 is 1.93 bits per heavy atom. The molecule has 8 heteroatoms. The van der Waals surface area contributed by atoms with Gasteiger partial charge in [0.25, 0.3) is 0 Å². The van der Waals surface area contributed by atoms with Gasteiger partial charge in [0.2, 0.25) is 0 Å². The van der Waals surface area contributed by atoms with Gasteiger partial charge in [0.05, 0.1) is 23.2 Å². The Hall–Kier alpha value is -3.94. The van der Waals surface area contributed by atoms with Crippen molar-refractivity contribution in [1.29, 1.82) is 0 Å². The highest BCUT2D eigenvalue weighted by Gasteiger charge is 2.21. The maximum Gasteiger partial charge on any atom is 0.183 e. The Labute approximate surface area is 164 Å². The number of nitrogen functional groups attached to an aromatic ring is 1. The third-order valence-corrected chi connectivity index (χ3v) is 4.90. The minimum Gasteiger partial charge on any atom is -0.382 e. The number of nitrogens with zero attached hydrogens (tertiary/aromatic N) is 5. The molecule has 7 nitrogen and oxygen atoms in total. The van der Waals surface area contributed by atoms with Crippen LogP contribution in [-0.2, 0) is 0 Å². The summed E-state index contributed by atoms with van der Waals surface area (Å²) in [5, 5.41) is 0.821. The van der Waals surface area contributed by atoms with Crippen molar-refractivity contribution in [3.63, 3.8) is 0 Å². The zero-order valence-corrected chi connectivity index (χ0v) is 15.5. The standard InChI is InChI=1S/C21H16FN7/c1-11(20-28-19(23)18-21(29-20)26-10-25-18)14-8-12-5-6-13(22)9-16(12)27-17(14)15-4-2-3-7-24-15/h2-11H,1H3,(H3,23,25,26,28,29)/t11-/m0/s1. The highest BCUT2D eigenvalue weighted by Crippen LogP contribution is 2.33. The number of rotatable bonds is 3. The van der Waals surface area contributed by atoms with Gasteiger partial charge < -0.3 is 10.7 Å². The van der Waals surface area contributed by atoms with E-state index in [1.807, 2.05) is 31.2 Å². The number of fused-ring (bicyclic) bond motifs is 2. The number of aromatic nitrogens is 6. The Kier molecular flexibility index (Phi) is 3.90. The van der Waals surface area contributed by atoms with Gasteiger partial charge in [0.1, 0.15) is 17.2 Å². The Balaban J connectivity index is 1.74. The van der Waals surface area contributed by atoms with Crippen molar-refractivity contribution < 1.29 is 4.39 Å². The van der Waals surface area contributed by atoms with Crippen LogP contribution in [0.1, 0.15) is 24.2 Å². The van der Waals surface area contributed by atoms with Gasteiger partial charge in [0.15, 0.2) is 11.5 Å². The van der Waals surface area contributed by atoms with Gasteiger partial charge in [-0.2, -0.15) is 0 Å². The van der Waals surface area contributed by atoms with Gasteiger partial charge >= 0.3 is 0 Å². The SMILES string of the molecule is C[C@H](c1nc(N)c2[nH]cnc2n1)c1cc2ccc(F)cc2nc1-c1ccccn1. The number of aromatic amines is 1. The van der Waals surface area contributed by atoms with E-state index >= 15 is 0 Å². The van der Waals surface area contributed by atoms with Crippen LogP contribution in [0.25, 0.3) is 33.5 Å². The summed E-state index contributed by atoms with van der Waals surface area (Å²) in [6.45, 7) is 1.98. The number of hydrogen-bond acceptors (Lipinski definition) is 6. The van der Waals surface area contributed by atoms with Crippen molar-refractivity contribution in [1.82, 2.24) is 29.9 Å². The largest absolute Gasteiger partial charge is 0.382 e. The molecule has 4 aromatic heterocycles. The topological polar surface area (TPSA) is 106 Å². The molecule has 0 fully saturated rings. The molecule has 0 saturated carbocycles. The van der Waals surface area contributed by atoms with E-state index in [-0.39, 0.29) is 11.7 Å². The number of hydrogen-bond donors (Lipinski definition) is 2. The highest BCUT2D eigenvalue weighted by atomic mass is 19.1. The van der Waals surface area contributed by atoms with Gasteiger partial charge in [-0.25, -0.2) is 24.3 Å². The summed E-state index contributed by atoms with van der Waals surface area (Å²) >= 11 is 0. The van der Waals surface area contributed by atoms with E-state index in [4.69, 9.17) is 10.7 Å². The first kappa shape index (κ1) is 17.2. The van der Waals surface area contributed by atoms with Gasteiger partial charge in [-0.1, -0.05) is 13.0 Å². The zero-order chi connectivity index (χ0) is 20.0. The normalized spacial score (nSPS) is 12.5. The molecule has 0 aliphatic rings. The van der Waals surface area contributed by atoms with Crippen LogP contribution in [0, 0.1) is 5.82 Å². The molecule has 0 aliphatic carbocycles. The lowest BCUT2D eigenvalue weighted by Crippen LogP contribution is -2.08. The van der Waals surface area contributed by atoms with Crippen molar-refractivity contribution in [2.75, 3.05) is 5.73 Å². The molecule has 29 heavy (non-hydrogen) atoms. The van der Waals surface area contributed by atoms with Gasteiger partial charge in [-0.3, -0.25) is 4.98 Å². The summed E-state index contributed by atoms with van der Waals surface area (Å²) in [7, 11) is 0. The van der Waals surface area contributed by atoms with Crippen LogP contribution in [0.3, 0.4) is 0 Å². The van der Waals surface area contributed by atoms with Crippen LogP contribution in [0.4, 0.5) is 10.2 Å². The Morgan fingerprint density at radius 1 is 1.03 bits per heavy atom. The lowest BCUT2D eigenvalue weighted by atomic mass is 9.95. The second kappa shape index (κ2) is 6.59. The summed E-state index contributed by atoms with van der Waals surface area (Å²) in [6, 6.07) is 12.1. The minimum atomic E-state index is -0.335. The maximum atomic E-state index is 13.8. The van der Waals surface area contributed by atoms with Gasteiger partial charge in [0, 0.05) is 23.6 Å². The van der Waals surface area contributed by atoms with Crippen molar-refractivity contribution in [3.05, 3.63) is 72.2 Å². The van der Waals surface area contributed by atoms with Crippen molar-refractivity contribution >= 4 is 27.9 Å². The molecule has 4 heterocycles. The van der Waals surface area contributed by atoms with Crippen molar-refractivity contribution in [2.45, 2.75) is 12.8 Å². The lowest BCUT2D eigenvalue weighted by molar-refractivity contribution is 0.629. The average molecular weight is 385 g/mol. The van der Waals surface area contributed by atoms with E-state index in [1.54, 1.807) is 12.3 Å². The molecule has 5 aromatic rings. The number of halogens is 1. The fourth-order valence-corrected chi connectivity index (χ4v) is 3.40. The summed E-state index contributed by atoms with van der Waals surface area (Å²) in [5.41, 5.74) is 9.97. The van der Waals surface area contributed by atoms with E-state index < -0.39 is 0 Å². The molecule has 0 aliphatic heterocycles. The number of nitrogens with one attached hydrogen (secondary N) is 1.